The van der Waals surface area contributed by atoms with Crippen LogP contribution in [-0.4, -0.2) is 47.4 Å². The van der Waals surface area contributed by atoms with Crippen molar-refractivity contribution < 1.29 is 24.5 Å². The third-order valence-electron chi connectivity index (χ3n) is 13.7. The Labute approximate surface area is 411 Å². The normalized spacial score (nSPS) is 12.7. The summed E-state index contributed by atoms with van der Waals surface area (Å²) in [6.07, 6.45) is 67.5. The fourth-order valence-corrected chi connectivity index (χ4v) is 9.16. The molecule has 0 aromatic rings. The molecule has 0 aliphatic heterocycles. The lowest BCUT2D eigenvalue weighted by Gasteiger charge is -2.22. The van der Waals surface area contributed by atoms with Gasteiger partial charge in [0, 0.05) is 12.8 Å². The molecule has 0 saturated heterocycles. The quantitative estimate of drug-likeness (QED) is 0.0321. The van der Waals surface area contributed by atoms with Crippen molar-refractivity contribution in [3.8, 4) is 0 Å². The Kier molecular flexibility index (Phi) is 54.5. The van der Waals surface area contributed by atoms with Crippen molar-refractivity contribution in [1.82, 2.24) is 5.32 Å². The lowest BCUT2D eigenvalue weighted by atomic mass is 10.0. The highest BCUT2D eigenvalue weighted by atomic mass is 16.5. The van der Waals surface area contributed by atoms with Gasteiger partial charge in [0.25, 0.3) is 0 Å². The molecule has 66 heavy (non-hydrogen) atoms. The zero-order valence-electron chi connectivity index (χ0n) is 44.4. The molecular formula is C60H115NO5. The van der Waals surface area contributed by atoms with Crippen LogP contribution in [-0.2, 0) is 14.3 Å². The minimum atomic E-state index is -0.664. The van der Waals surface area contributed by atoms with Crippen LogP contribution in [0, 0.1) is 0 Å². The summed E-state index contributed by atoms with van der Waals surface area (Å²) in [5.41, 5.74) is 0. The number of aliphatic hydroxyl groups is 2. The van der Waals surface area contributed by atoms with E-state index in [9.17, 15) is 19.8 Å². The number of unbranched alkanes of at least 4 members (excludes halogenated alkanes) is 40. The molecule has 6 nitrogen and oxygen atoms in total. The molecule has 0 aliphatic carbocycles. The molecule has 2 atom stereocenters. The van der Waals surface area contributed by atoms with Crippen LogP contribution in [0.15, 0.2) is 24.3 Å². The molecule has 390 valence electrons. The highest BCUT2D eigenvalue weighted by Gasteiger charge is 2.20. The van der Waals surface area contributed by atoms with Gasteiger partial charge in [-0.2, -0.15) is 0 Å². The molecule has 3 N–H and O–H groups in total. The number of allylic oxidation sites excluding steroid dienone is 4. The molecule has 0 bridgehead atoms. The first kappa shape index (κ1) is 64.3. The summed E-state index contributed by atoms with van der Waals surface area (Å²) in [5.74, 6) is -0.0343. The van der Waals surface area contributed by atoms with Gasteiger partial charge in [-0.1, -0.05) is 256 Å². The van der Waals surface area contributed by atoms with Crippen LogP contribution in [0.25, 0.3) is 0 Å². The fourth-order valence-electron chi connectivity index (χ4n) is 9.16. The van der Waals surface area contributed by atoms with E-state index in [1.807, 2.05) is 0 Å². The molecule has 0 spiro atoms. The van der Waals surface area contributed by atoms with Gasteiger partial charge in [-0.3, -0.25) is 9.59 Å². The predicted molar refractivity (Wildman–Crippen MR) is 287 cm³/mol. The van der Waals surface area contributed by atoms with Crippen LogP contribution in [0.3, 0.4) is 0 Å². The summed E-state index contributed by atoms with van der Waals surface area (Å²) in [7, 11) is 0. The maximum Gasteiger partial charge on any atom is 0.305 e. The van der Waals surface area contributed by atoms with Crippen molar-refractivity contribution in [3.63, 3.8) is 0 Å². The van der Waals surface area contributed by atoms with Gasteiger partial charge in [0.2, 0.25) is 5.91 Å². The van der Waals surface area contributed by atoms with Crippen LogP contribution in [0.2, 0.25) is 0 Å². The van der Waals surface area contributed by atoms with E-state index in [2.05, 4.69) is 43.5 Å². The van der Waals surface area contributed by atoms with Crippen molar-refractivity contribution in [3.05, 3.63) is 24.3 Å². The molecule has 0 aromatic carbocycles. The number of rotatable bonds is 55. The van der Waals surface area contributed by atoms with Gasteiger partial charge in [0.05, 0.1) is 25.4 Å². The van der Waals surface area contributed by atoms with E-state index in [0.717, 1.165) is 44.9 Å². The van der Waals surface area contributed by atoms with E-state index in [-0.39, 0.29) is 18.5 Å². The number of carbonyl (C=O) groups is 2. The number of esters is 1. The van der Waals surface area contributed by atoms with Crippen molar-refractivity contribution in [1.29, 1.82) is 0 Å². The Bertz CT molecular complexity index is 1030. The van der Waals surface area contributed by atoms with E-state index in [1.165, 1.54) is 244 Å². The number of hydrogen-bond donors (Lipinski definition) is 3. The number of carbonyl (C=O) groups excluding carboxylic acids is 2. The summed E-state index contributed by atoms with van der Waals surface area (Å²) < 4.78 is 5.47. The van der Waals surface area contributed by atoms with E-state index < -0.39 is 12.1 Å². The second-order valence-corrected chi connectivity index (χ2v) is 20.3. The van der Waals surface area contributed by atoms with Crippen molar-refractivity contribution in [2.75, 3.05) is 13.2 Å². The van der Waals surface area contributed by atoms with Crippen LogP contribution >= 0.6 is 0 Å². The zero-order valence-corrected chi connectivity index (χ0v) is 44.4. The van der Waals surface area contributed by atoms with E-state index >= 15 is 0 Å². The molecule has 0 aromatic heterocycles. The molecule has 1 amide bonds. The van der Waals surface area contributed by atoms with Gasteiger partial charge in [-0.15, -0.1) is 0 Å². The summed E-state index contributed by atoms with van der Waals surface area (Å²) in [5, 5.41) is 23.2. The van der Waals surface area contributed by atoms with Crippen LogP contribution in [0.1, 0.15) is 322 Å². The Morgan fingerprint density at radius 2 is 0.712 bits per heavy atom. The second kappa shape index (κ2) is 55.9. The molecule has 6 heteroatoms. The highest BCUT2D eigenvalue weighted by molar-refractivity contribution is 5.76. The maximum absolute atomic E-state index is 12.4. The zero-order chi connectivity index (χ0) is 47.9. The van der Waals surface area contributed by atoms with Gasteiger partial charge in [-0.25, -0.2) is 0 Å². The van der Waals surface area contributed by atoms with E-state index in [0.29, 0.717) is 25.9 Å². The predicted octanol–water partition coefficient (Wildman–Crippen LogP) is 18.2. The SMILES string of the molecule is CCCCCC/C=C\CCCCCCCC(=O)OCCCCCCCCCCCCCC/C=C\CCCCCCCCCCCC(=O)NC(CO)C(O)CCCCCCCCCCCCC. The Balaban J connectivity index is 3.38. The lowest BCUT2D eigenvalue weighted by molar-refractivity contribution is -0.143. The van der Waals surface area contributed by atoms with E-state index in [4.69, 9.17) is 4.74 Å². The Morgan fingerprint density at radius 1 is 0.409 bits per heavy atom. The molecule has 0 heterocycles. The maximum atomic E-state index is 12.4. The summed E-state index contributed by atoms with van der Waals surface area (Å²) >= 11 is 0. The number of hydrogen-bond acceptors (Lipinski definition) is 5. The summed E-state index contributed by atoms with van der Waals surface area (Å²) in [4.78, 5) is 24.5. The molecule has 0 saturated carbocycles. The van der Waals surface area contributed by atoms with Gasteiger partial charge in [0.1, 0.15) is 0 Å². The van der Waals surface area contributed by atoms with Crippen molar-refractivity contribution >= 4 is 11.9 Å². The molecule has 2 unspecified atom stereocenters. The average Bonchev–Trinajstić information content (AvgIpc) is 3.32. The fraction of sp³-hybridized carbons (Fsp3) is 0.900. The third kappa shape index (κ3) is 51.7. The van der Waals surface area contributed by atoms with Gasteiger partial charge >= 0.3 is 5.97 Å². The number of amides is 1. The minimum absolute atomic E-state index is 0.00419. The first-order valence-electron chi connectivity index (χ1n) is 29.6. The van der Waals surface area contributed by atoms with Gasteiger partial charge in [0.15, 0.2) is 0 Å². The highest BCUT2D eigenvalue weighted by Crippen LogP contribution is 2.17. The molecule has 0 radical (unpaired) electrons. The summed E-state index contributed by atoms with van der Waals surface area (Å²) in [6.45, 7) is 4.93. The Morgan fingerprint density at radius 3 is 1.09 bits per heavy atom. The Hall–Kier alpha value is -1.66. The van der Waals surface area contributed by atoms with Crippen LogP contribution < -0.4 is 5.32 Å². The van der Waals surface area contributed by atoms with Crippen LogP contribution in [0.4, 0.5) is 0 Å². The first-order chi connectivity index (χ1) is 32.5. The van der Waals surface area contributed by atoms with Crippen molar-refractivity contribution in [2.45, 2.75) is 334 Å². The summed E-state index contributed by atoms with van der Waals surface area (Å²) in [6, 6.07) is -0.542. The van der Waals surface area contributed by atoms with Crippen molar-refractivity contribution in [2.24, 2.45) is 0 Å². The average molecular weight is 931 g/mol. The van der Waals surface area contributed by atoms with Crippen LogP contribution in [0.5, 0.6) is 0 Å². The molecule has 0 rings (SSSR count). The van der Waals surface area contributed by atoms with Gasteiger partial charge < -0.3 is 20.3 Å². The smallest absolute Gasteiger partial charge is 0.305 e. The largest absolute Gasteiger partial charge is 0.466 e. The first-order valence-corrected chi connectivity index (χ1v) is 29.6. The van der Waals surface area contributed by atoms with Gasteiger partial charge in [-0.05, 0) is 77.0 Å². The molecule has 0 aliphatic rings. The monoisotopic (exact) mass is 930 g/mol. The standard InChI is InChI=1S/C60H115NO5/c1-3-5-7-9-11-13-15-29-34-38-42-46-50-54-60(65)66-55-51-47-43-39-35-31-28-26-24-22-20-18-16-17-19-21-23-25-27-30-33-37-41-45-49-53-59(64)61-57(56-62)58(63)52-48-44-40-36-32-14-12-10-8-6-4-2/h13,15,17,19,57-58,62-63H,3-12,14,16,18,20-56H2,1-2H3,(H,61,64)/b15-13-,19-17-. The second-order valence-electron chi connectivity index (χ2n) is 20.3. The number of nitrogens with one attached hydrogen (secondary N) is 1. The third-order valence-corrected chi connectivity index (χ3v) is 13.7. The molecular weight excluding hydrogens is 815 g/mol. The topological polar surface area (TPSA) is 95.9 Å². The van der Waals surface area contributed by atoms with E-state index in [1.54, 1.807) is 0 Å². The lowest BCUT2D eigenvalue weighted by Crippen LogP contribution is -2.45. The number of ether oxygens (including phenoxy) is 1. The number of aliphatic hydroxyl groups excluding tert-OH is 2. The minimum Gasteiger partial charge on any atom is -0.466 e. The molecule has 0 fully saturated rings.